The molecule has 1 saturated heterocycles. The zero-order valence-electron chi connectivity index (χ0n) is 24.3. The monoisotopic (exact) mass is 628 g/mol. The van der Waals surface area contributed by atoms with Gasteiger partial charge >= 0.3 is 0 Å². The van der Waals surface area contributed by atoms with Crippen LogP contribution in [0.25, 0.3) is 5.82 Å². The summed E-state index contributed by atoms with van der Waals surface area (Å²) in [5.74, 6) is 2.00. The van der Waals surface area contributed by atoms with Crippen LogP contribution in [0.4, 0.5) is 11.8 Å². The fourth-order valence-corrected chi connectivity index (χ4v) is 6.15. The molecule has 1 saturated carbocycles. The number of aromatic nitrogens is 4. The van der Waals surface area contributed by atoms with Gasteiger partial charge in [0, 0.05) is 68.3 Å². The minimum Gasteiger partial charge on any atom is -0.375 e. The van der Waals surface area contributed by atoms with Crippen LogP contribution >= 0.6 is 23.2 Å². The zero-order chi connectivity index (χ0) is 30.2. The summed E-state index contributed by atoms with van der Waals surface area (Å²) in [5.41, 5.74) is 0.797. The van der Waals surface area contributed by atoms with Gasteiger partial charge in [-0.1, -0.05) is 61.4 Å². The lowest BCUT2D eigenvalue weighted by Gasteiger charge is -2.35. The van der Waals surface area contributed by atoms with E-state index in [0.29, 0.717) is 72.7 Å². The quantitative estimate of drug-likeness (QED) is 0.322. The Morgan fingerprint density at radius 1 is 1.07 bits per heavy atom. The predicted octanol–water partition coefficient (Wildman–Crippen LogP) is 4.33. The van der Waals surface area contributed by atoms with Gasteiger partial charge in [-0.3, -0.25) is 14.2 Å². The van der Waals surface area contributed by atoms with Crippen LogP contribution in [0.15, 0.2) is 43.0 Å². The molecule has 0 radical (unpaired) electrons. The minimum atomic E-state index is -0.504. The lowest BCUT2D eigenvalue weighted by Crippen LogP contribution is -2.50. The SMILES string of the molecule is COCC(=O)N1CCN(c2nc(NC(CC3CCCCC3)C(=O)NCc3ccc(Cl)cc3Cl)cc(-n3ccnc3)n2)CC1. The Balaban J connectivity index is 1.36. The molecule has 2 amide bonds. The Morgan fingerprint density at radius 2 is 1.86 bits per heavy atom. The van der Waals surface area contributed by atoms with E-state index in [1.54, 1.807) is 29.6 Å². The molecule has 0 bridgehead atoms. The van der Waals surface area contributed by atoms with Crippen molar-refractivity contribution in [3.8, 4) is 5.82 Å². The number of amides is 2. The fourth-order valence-electron chi connectivity index (χ4n) is 5.67. The fraction of sp³-hybridized carbons (Fsp3) is 0.500. The number of ether oxygens (including phenoxy) is 1. The van der Waals surface area contributed by atoms with Crippen LogP contribution in [0.2, 0.25) is 10.0 Å². The van der Waals surface area contributed by atoms with Crippen molar-refractivity contribution >= 4 is 46.8 Å². The van der Waals surface area contributed by atoms with Crippen molar-refractivity contribution in [2.24, 2.45) is 5.92 Å². The third-order valence-corrected chi connectivity index (χ3v) is 8.64. The molecule has 13 heteroatoms. The number of rotatable bonds is 11. The zero-order valence-corrected chi connectivity index (χ0v) is 25.9. The Labute approximate surface area is 261 Å². The molecule has 1 atom stereocenters. The van der Waals surface area contributed by atoms with Gasteiger partial charge in [-0.2, -0.15) is 9.97 Å². The van der Waals surface area contributed by atoms with E-state index >= 15 is 0 Å². The minimum absolute atomic E-state index is 0.0333. The van der Waals surface area contributed by atoms with Gasteiger partial charge in [0.15, 0.2) is 0 Å². The van der Waals surface area contributed by atoms with Crippen LogP contribution in [0.5, 0.6) is 0 Å². The number of hydrogen-bond donors (Lipinski definition) is 2. The summed E-state index contributed by atoms with van der Waals surface area (Å²) in [6, 6.07) is 6.60. The molecule has 3 heterocycles. The molecule has 1 aliphatic heterocycles. The smallest absolute Gasteiger partial charge is 0.248 e. The molecule has 11 nitrogen and oxygen atoms in total. The third kappa shape index (κ3) is 8.36. The maximum atomic E-state index is 13.7. The van der Waals surface area contributed by atoms with Crippen molar-refractivity contribution in [3.63, 3.8) is 0 Å². The van der Waals surface area contributed by atoms with Crippen LogP contribution in [-0.4, -0.2) is 82.2 Å². The first-order valence-corrected chi connectivity index (χ1v) is 15.5. The van der Waals surface area contributed by atoms with E-state index in [1.807, 2.05) is 22.9 Å². The summed E-state index contributed by atoms with van der Waals surface area (Å²) in [4.78, 5) is 43.7. The van der Waals surface area contributed by atoms with Gasteiger partial charge in [0.1, 0.15) is 30.6 Å². The average Bonchev–Trinajstić information content (AvgIpc) is 3.56. The molecule has 2 fully saturated rings. The molecule has 1 unspecified atom stereocenters. The van der Waals surface area contributed by atoms with E-state index in [4.69, 9.17) is 37.9 Å². The highest BCUT2D eigenvalue weighted by atomic mass is 35.5. The molecule has 230 valence electrons. The lowest BCUT2D eigenvalue weighted by molar-refractivity contribution is -0.135. The van der Waals surface area contributed by atoms with E-state index in [2.05, 4.69) is 20.5 Å². The third-order valence-electron chi connectivity index (χ3n) is 8.05. The Kier molecular flexibility index (Phi) is 10.7. The molecule has 2 aliphatic rings. The number of hydrogen-bond acceptors (Lipinski definition) is 8. The maximum Gasteiger partial charge on any atom is 0.248 e. The van der Waals surface area contributed by atoms with Crippen molar-refractivity contribution in [1.29, 1.82) is 0 Å². The summed E-state index contributed by atoms with van der Waals surface area (Å²) in [6.07, 6.45) is 11.7. The largest absolute Gasteiger partial charge is 0.375 e. The Hall–Kier alpha value is -3.41. The highest BCUT2D eigenvalue weighted by Gasteiger charge is 2.27. The second kappa shape index (κ2) is 14.9. The average molecular weight is 630 g/mol. The number of imidazole rings is 1. The van der Waals surface area contributed by atoms with E-state index in [9.17, 15) is 9.59 Å². The van der Waals surface area contributed by atoms with E-state index in [1.165, 1.54) is 26.4 Å². The van der Waals surface area contributed by atoms with Crippen LogP contribution in [0, 0.1) is 5.92 Å². The number of carbonyl (C=O) groups excluding carboxylic acids is 2. The molecule has 2 aromatic heterocycles. The summed E-state index contributed by atoms with van der Waals surface area (Å²) in [7, 11) is 1.52. The lowest BCUT2D eigenvalue weighted by atomic mass is 9.84. The van der Waals surface area contributed by atoms with Gasteiger partial charge in [-0.25, -0.2) is 4.98 Å². The first-order valence-electron chi connectivity index (χ1n) is 14.8. The highest BCUT2D eigenvalue weighted by Crippen LogP contribution is 2.29. The van der Waals surface area contributed by atoms with Crippen LogP contribution in [0.3, 0.4) is 0 Å². The molecule has 2 N–H and O–H groups in total. The predicted molar refractivity (Wildman–Crippen MR) is 167 cm³/mol. The molecule has 3 aromatic rings. The van der Waals surface area contributed by atoms with Gasteiger partial charge in [0.25, 0.3) is 0 Å². The number of nitrogens with zero attached hydrogens (tertiary/aromatic N) is 6. The first kappa shape index (κ1) is 31.0. The van der Waals surface area contributed by atoms with Gasteiger partial charge in [-0.05, 0) is 30.0 Å². The van der Waals surface area contributed by atoms with Crippen molar-refractivity contribution in [2.45, 2.75) is 51.1 Å². The normalized spacial score (nSPS) is 16.6. The van der Waals surface area contributed by atoms with Crippen molar-refractivity contribution < 1.29 is 14.3 Å². The van der Waals surface area contributed by atoms with Crippen molar-refractivity contribution in [3.05, 3.63) is 58.6 Å². The van der Waals surface area contributed by atoms with Crippen molar-refractivity contribution in [1.82, 2.24) is 29.7 Å². The topological polar surface area (TPSA) is 118 Å². The summed E-state index contributed by atoms with van der Waals surface area (Å²) < 4.78 is 6.83. The van der Waals surface area contributed by atoms with E-state index in [0.717, 1.165) is 18.4 Å². The van der Waals surface area contributed by atoms with Crippen LogP contribution < -0.4 is 15.5 Å². The molecule has 1 aliphatic carbocycles. The van der Waals surface area contributed by atoms with Gasteiger partial charge in [-0.15, -0.1) is 0 Å². The number of anilines is 2. The molecular weight excluding hydrogens is 591 g/mol. The summed E-state index contributed by atoms with van der Waals surface area (Å²) >= 11 is 12.4. The first-order chi connectivity index (χ1) is 20.9. The van der Waals surface area contributed by atoms with E-state index < -0.39 is 6.04 Å². The second-order valence-electron chi connectivity index (χ2n) is 11.1. The molecule has 0 spiro atoms. The number of piperazine rings is 1. The molecule has 43 heavy (non-hydrogen) atoms. The number of halogens is 2. The van der Waals surface area contributed by atoms with Crippen LogP contribution in [0.1, 0.15) is 44.1 Å². The maximum absolute atomic E-state index is 13.7. The molecule has 5 rings (SSSR count). The highest BCUT2D eigenvalue weighted by molar-refractivity contribution is 6.35. The Bertz CT molecular complexity index is 1380. The van der Waals surface area contributed by atoms with Gasteiger partial charge in [0.2, 0.25) is 17.8 Å². The molecular formula is C30H38Cl2N8O3. The number of benzene rings is 1. The standard InChI is InChI=1S/C30H38Cl2N8O3/c1-43-19-28(41)38-11-13-39(14-12-38)30-36-26(17-27(37-30)40-10-9-33-20-40)35-25(15-21-5-3-2-4-6-21)29(42)34-18-22-7-8-23(31)16-24(22)32/h7-10,16-17,20-21,25H,2-6,11-15,18-19H2,1H3,(H,34,42)(H,35,36,37). The number of nitrogens with one attached hydrogen (secondary N) is 2. The van der Waals surface area contributed by atoms with E-state index in [-0.39, 0.29) is 18.4 Å². The summed E-state index contributed by atoms with van der Waals surface area (Å²) in [6.45, 7) is 2.60. The van der Waals surface area contributed by atoms with Crippen LogP contribution in [-0.2, 0) is 20.9 Å². The summed E-state index contributed by atoms with van der Waals surface area (Å²) in [5, 5.41) is 7.58. The Morgan fingerprint density at radius 3 is 2.56 bits per heavy atom. The molecule has 1 aromatic carbocycles. The number of carbonyl (C=O) groups is 2. The number of methoxy groups -OCH3 is 1. The second-order valence-corrected chi connectivity index (χ2v) is 11.9. The van der Waals surface area contributed by atoms with Gasteiger partial charge in [0.05, 0.1) is 0 Å². The van der Waals surface area contributed by atoms with Crippen molar-refractivity contribution in [2.75, 3.05) is 50.1 Å². The van der Waals surface area contributed by atoms with Gasteiger partial charge < -0.3 is 25.2 Å².